The highest BCUT2D eigenvalue weighted by molar-refractivity contribution is 6.02. The second-order valence-corrected chi connectivity index (χ2v) is 5.17. The van der Waals surface area contributed by atoms with Gasteiger partial charge in [0.15, 0.2) is 0 Å². The van der Waals surface area contributed by atoms with Gasteiger partial charge in [-0.2, -0.15) is 0 Å². The Morgan fingerprint density at radius 1 is 1.09 bits per heavy atom. The van der Waals surface area contributed by atoms with Crippen molar-refractivity contribution in [1.82, 2.24) is 0 Å². The Hall–Kier alpha value is -2.82. The summed E-state index contributed by atoms with van der Waals surface area (Å²) in [7, 11) is 1.58. The molecule has 0 radical (unpaired) electrons. The lowest BCUT2D eigenvalue weighted by molar-refractivity contribution is -0.120. The summed E-state index contributed by atoms with van der Waals surface area (Å²) in [6.07, 6.45) is 0. The number of para-hydroxylation sites is 1. The average molecular weight is 312 g/mol. The third kappa shape index (κ3) is 4.32. The lowest BCUT2D eigenvalue weighted by Gasteiger charge is -2.22. The van der Waals surface area contributed by atoms with Crippen LogP contribution in [-0.4, -0.2) is 25.5 Å². The minimum Gasteiger partial charge on any atom is -0.497 e. The Bertz CT molecular complexity index is 696. The number of carbonyl (C=O) groups is 2. The van der Waals surface area contributed by atoms with Crippen LogP contribution in [-0.2, 0) is 9.59 Å². The molecule has 0 aliphatic heterocycles. The summed E-state index contributed by atoms with van der Waals surface area (Å²) >= 11 is 0. The topological polar surface area (TPSA) is 58.6 Å². The zero-order chi connectivity index (χ0) is 16.8. The molecule has 0 bridgehead atoms. The van der Waals surface area contributed by atoms with Crippen LogP contribution >= 0.6 is 0 Å². The van der Waals surface area contributed by atoms with Crippen LogP contribution < -0.4 is 15.0 Å². The van der Waals surface area contributed by atoms with E-state index < -0.39 is 0 Å². The van der Waals surface area contributed by atoms with E-state index in [1.807, 2.05) is 31.2 Å². The lowest BCUT2D eigenvalue weighted by atomic mass is 10.2. The molecule has 5 heteroatoms. The van der Waals surface area contributed by atoms with Crippen LogP contribution in [0.25, 0.3) is 0 Å². The van der Waals surface area contributed by atoms with Gasteiger partial charge in [0.25, 0.3) is 0 Å². The SMILES string of the molecule is COc1ccc(NC(=O)CN(C(C)=O)c2ccccc2C)cc1. The number of benzene rings is 2. The van der Waals surface area contributed by atoms with E-state index in [-0.39, 0.29) is 18.4 Å². The van der Waals surface area contributed by atoms with Gasteiger partial charge in [-0.15, -0.1) is 0 Å². The van der Waals surface area contributed by atoms with Crippen molar-refractivity contribution in [2.24, 2.45) is 0 Å². The number of nitrogens with one attached hydrogen (secondary N) is 1. The van der Waals surface area contributed by atoms with E-state index in [9.17, 15) is 9.59 Å². The summed E-state index contributed by atoms with van der Waals surface area (Å²) < 4.78 is 5.08. The molecule has 0 fully saturated rings. The van der Waals surface area contributed by atoms with Gasteiger partial charge in [-0.05, 0) is 42.8 Å². The largest absolute Gasteiger partial charge is 0.497 e. The molecule has 0 atom stereocenters. The van der Waals surface area contributed by atoms with Gasteiger partial charge >= 0.3 is 0 Å². The number of nitrogens with zero attached hydrogens (tertiary/aromatic N) is 1. The Labute approximate surface area is 135 Å². The molecule has 2 rings (SSSR count). The minimum absolute atomic E-state index is 0.0355. The Balaban J connectivity index is 2.09. The van der Waals surface area contributed by atoms with Crippen molar-refractivity contribution in [1.29, 1.82) is 0 Å². The summed E-state index contributed by atoms with van der Waals surface area (Å²) in [5.41, 5.74) is 2.34. The first kappa shape index (κ1) is 16.5. The molecular formula is C18H20N2O3. The second kappa shape index (κ2) is 7.45. The van der Waals surface area contributed by atoms with E-state index in [2.05, 4.69) is 5.32 Å². The van der Waals surface area contributed by atoms with Gasteiger partial charge in [-0.1, -0.05) is 18.2 Å². The second-order valence-electron chi connectivity index (χ2n) is 5.17. The molecule has 2 amide bonds. The van der Waals surface area contributed by atoms with E-state index >= 15 is 0 Å². The normalized spacial score (nSPS) is 10.0. The number of rotatable bonds is 5. The van der Waals surface area contributed by atoms with Crippen LogP contribution in [0.15, 0.2) is 48.5 Å². The van der Waals surface area contributed by atoms with E-state index in [0.717, 1.165) is 11.3 Å². The molecule has 120 valence electrons. The van der Waals surface area contributed by atoms with E-state index in [1.165, 1.54) is 11.8 Å². The van der Waals surface area contributed by atoms with Crippen molar-refractivity contribution in [2.45, 2.75) is 13.8 Å². The lowest BCUT2D eigenvalue weighted by Crippen LogP contribution is -2.37. The fourth-order valence-electron chi connectivity index (χ4n) is 2.25. The van der Waals surface area contributed by atoms with Crippen LogP contribution in [0.3, 0.4) is 0 Å². The Kier molecular flexibility index (Phi) is 5.36. The van der Waals surface area contributed by atoms with E-state index in [0.29, 0.717) is 11.4 Å². The third-order valence-electron chi connectivity index (χ3n) is 3.46. The molecule has 2 aromatic rings. The number of carbonyl (C=O) groups excluding carboxylic acids is 2. The highest BCUT2D eigenvalue weighted by atomic mass is 16.5. The monoisotopic (exact) mass is 312 g/mol. The van der Waals surface area contributed by atoms with Gasteiger partial charge in [0.05, 0.1) is 7.11 Å². The first-order valence-electron chi connectivity index (χ1n) is 7.29. The molecule has 1 N–H and O–H groups in total. The first-order chi connectivity index (χ1) is 11.0. The van der Waals surface area contributed by atoms with Crippen LogP contribution in [0.1, 0.15) is 12.5 Å². The van der Waals surface area contributed by atoms with E-state index in [4.69, 9.17) is 4.74 Å². The number of ether oxygens (including phenoxy) is 1. The number of hydrogen-bond acceptors (Lipinski definition) is 3. The van der Waals surface area contributed by atoms with Gasteiger partial charge in [0, 0.05) is 18.3 Å². The standard InChI is InChI=1S/C18H20N2O3/c1-13-6-4-5-7-17(13)20(14(2)21)12-18(22)19-15-8-10-16(23-3)11-9-15/h4-11H,12H2,1-3H3,(H,19,22). The zero-order valence-corrected chi connectivity index (χ0v) is 13.5. The highest BCUT2D eigenvalue weighted by Gasteiger charge is 2.17. The Morgan fingerprint density at radius 3 is 2.30 bits per heavy atom. The fourth-order valence-corrected chi connectivity index (χ4v) is 2.25. The number of hydrogen-bond donors (Lipinski definition) is 1. The molecule has 0 heterocycles. The van der Waals surface area contributed by atoms with Crippen molar-refractivity contribution >= 4 is 23.2 Å². The Morgan fingerprint density at radius 2 is 1.74 bits per heavy atom. The highest BCUT2D eigenvalue weighted by Crippen LogP contribution is 2.20. The van der Waals surface area contributed by atoms with Gasteiger partial charge in [0.1, 0.15) is 12.3 Å². The van der Waals surface area contributed by atoms with Gasteiger partial charge in [-0.25, -0.2) is 0 Å². The maximum atomic E-state index is 12.2. The average Bonchev–Trinajstić information content (AvgIpc) is 2.54. The number of aryl methyl sites for hydroxylation is 1. The first-order valence-corrected chi connectivity index (χ1v) is 7.29. The van der Waals surface area contributed by atoms with E-state index in [1.54, 1.807) is 31.4 Å². The van der Waals surface area contributed by atoms with Crippen molar-refractivity contribution in [3.05, 3.63) is 54.1 Å². The third-order valence-corrected chi connectivity index (χ3v) is 3.46. The summed E-state index contributed by atoms with van der Waals surface area (Å²) in [6.45, 7) is 3.33. The van der Waals surface area contributed by atoms with Crippen molar-refractivity contribution < 1.29 is 14.3 Å². The molecule has 0 saturated carbocycles. The summed E-state index contributed by atoms with van der Waals surface area (Å²) in [5, 5.41) is 2.78. The van der Waals surface area contributed by atoms with Gasteiger partial charge in [0.2, 0.25) is 11.8 Å². The summed E-state index contributed by atoms with van der Waals surface area (Å²) in [6, 6.07) is 14.5. The molecule has 0 spiro atoms. The number of methoxy groups -OCH3 is 1. The van der Waals surface area contributed by atoms with Crippen molar-refractivity contribution in [2.75, 3.05) is 23.9 Å². The number of anilines is 2. The summed E-state index contributed by atoms with van der Waals surface area (Å²) in [5.74, 6) is 0.283. The smallest absolute Gasteiger partial charge is 0.244 e. The predicted octanol–water partition coefficient (Wildman–Crippen LogP) is 3.00. The zero-order valence-electron chi connectivity index (χ0n) is 13.5. The molecule has 0 saturated heterocycles. The number of amides is 2. The molecule has 0 aliphatic rings. The quantitative estimate of drug-likeness (QED) is 0.923. The van der Waals surface area contributed by atoms with Crippen LogP contribution in [0.5, 0.6) is 5.75 Å². The van der Waals surface area contributed by atoms with Crippen LogP contribution in [0, 0.1) is 6.92 Å². The summed E-state index contributed by atoms with van der Waals surface area (Å²) in [4.78, 5) is 25.6. The molecular weight excluding hydrogens is 292 g/mol. The maximum absolute atomic E-state index is 12.2. The van der Waals surface area contributed by atoms with Crippen LogP contribution in [0.2, 0.25) is 0 Å². The molecule has 23 heavy (non-hydrogen) atoms. The van der Waals surface area contributed by atoms with Gasteiger partial charge in [-0.3, -0.25) is 9.59 Å². The molecule has 0 aromatic heterocycles. The molecule has 0 unspecified atom stereocenters. The van der Waals surface area contributed by atoms with Crippen molar-refractivity contribution in [3.8, 4) is 5.75 Å². The minimum atomic E-state index is -0.256. The fraction of sp³-hybridized carbons (Fsp3) is 0.222. The van der Waals surface area contributed by atoms with Crippen molar-refractivity contribution in [3.63, 3.8) is 0 Å². The maximum Gasteiger partial charge on any atom is 0.244 e. The molecule has 0 aliphatic carbocycles. The predicted molar refractivity (Wildman–Crippen MR) is 90.8 cm³/mol. The molecule has 5 nitrogen and oxygen atoms in total. The van der Waals surface area contributed by atoms with Gasteiger partial charge < -0.3 is 15.0 Å². The van der Waals surface area contributed by atoms with Crippen LogP contribution in [0.4, 0.5) is 11.4 Å². The molecule has 2 aromatic carbocycles.